The molecule has 0 saturated carbocycles. The molecule has 0 atom stereocenters. The monoisotopic (exact) mass is 317 g/mol. The molecular formula is C13H19NO4S2. The fraction of sp³-hybridized carbons (Fsp3) is 0.462. The van der Waals surface area contributed by atoms with E-state index in [0.29, 0.717) is 0 Å². The molecular weight excluding hydrogens is 298 g/mol. The molecule has 1 aromatic rings. The number of nitrogens with zero attached hydrogens (tertiary/aromatic N) is 1. The Hall–Kier alpha value is -1.18. The Morgan fingerprint density at radius 2 is 2.05 bits per heavy atom. The summed E-state index contributed by atoms with van der Waals surface area (Å²) in [6, 6.07) is 1.79. The highest BCUT2D eigenvalue weighted by Crippen LogP contribution is 2.23. The van der Waals surface area contributed by atoms with Gasteiger partial charge in [-0.15, -0.1) is 11.3 Å². The minimum atomic E-state index is -3.37. The van der Waals surface area contributed by atoms with Crippen LogP contribution in [0.5, 0.6) is 0 Å². The van der Waals surface area contributed by atoms with Crippen LogP contribution < -0.4 is 0 Å². The summed E-state index contributed by atoms with van der Waals surface area (Å²) in [6.45, 7) is 5.26. The topological polar surface area (TPSA) is 74.7 Å². The van der Waals surface area contributed by atoms with Crippen molar-refractivity contribution >= 4 is 33.4 Å². The highest BCUT2D eigenvalue weighted by molar-refractivity contribution is 7.90. The first-order valence-electron chi connectivity index (χ1n) is 5.98. The summed E-state index contributed by atoms with van der Waals surface area (Å²) in [6.07, 6.45) is 2.56. The number of sulfonamides is 1. The van der Waals surface area contributed by atoms with Gasteiger partial charge in [-0.3, -0.25) is 0 Å². The molecule has 1 N–H and O–H groups in total. The number of carboxylic acids is 1. The zero-order chi connectivity index (χ0) is 15.6. The lowest BCUT2D eigenvalue weighted by molar-refractivity contribution is -0.131. The Morgan fingerprint density at radius 3 is 2.55 bits per heavy atom. The van der Waals surface area contributed by atoms with Crippen molar-refractivity contribution in [1.82, 2.24) is 4.31 Å². The molecule has 0 radical (unpaired) electrons. The summed E-state index contributed by atoms with van der Waals surface area (Å²) in [7, 11) is -1.82. The number of hydrogen-bond donors (Lipinski definition) is 1. The molecule has 20 heavy (non-hydrogen) atoms. The van der Waals surface area contributed by atoms with Crippen molar-refractivity contribution in [3.05, 3.63) is 28.0 Å². The fourth-order valence-electron chi connectivity index (χ4n) is 1.53. The third-order valence-corrected chi connectivity index (χ3v) is 6.10. The first kappa shape index (κ1) is 16.9. The first-order chi connectivity index (χ1) is 9.04. The summed E-state index contributed by atoms with van der Waals surface area (Å²) < 4.78 is 24.9. The van der Waals surface area contributed by atoms with Gasteiger partial charge in [0, 0.05) is 24.5 Å². The van der Waals surface area contributed by atoms with E-state index in [4.69, 9.17) is 5.11 Å². The molecule has 0 aliphatic rings. The molecule has 0 bridgehead atoms. The Bertz CT molecular complexity index is 609. The van der Waals surface area contributed by atoms with Gasteiger partial charge in [-0.25, -0.2) is 17.5 Å². The molecule has 0 aliphatic carbocycles. The summed E-state index contributed by atoms with van der Waals surface area (Å²) in [5, 5.41) is 10.4. The van der Waals surface area contributed by atoms with E-state index < -0.39 is 20.7 Å². The van der Waals surface area contributed by atoms with E-state index in [0.717, 1.165) is 16.5 Å². The van der Waals surface area contributed by atoms with Gasteiger partial charge in [-0.05, 0) is 43.9 Å². The molecule has 0 unspecified atom stereocenters. The van der Waals surface area contributed by atoms with Gasteiger partial charge in [0.2, 0.25) is 10.0 Å². The Morgan fingerprint density at radius 1 is 1.45 bits per heavy atom. The van der Waals surface area contributed by atoms with Crippen molar-refractivity contribution < 1.29 is 18.3 Å². The highest BCUT2D eigenvalue weighted by Gasteiger charge is 2.33. The maximum absolute atomic E-state index is 12.2. The summed E-state index contributed by atoms with van der Waals surface area (Å²) in [5.74, 6) is -1.01. The predicted octanol–water partition coefficient (Wildman–Crippen LogP) is 2.41. The van der Waals surface area contributed by atoms with Crippen LogP contribution in [0.4, 0.5) is 0 Å². The molecule has 112 valence electrons. The molecule has 0 aromatic carbocycles. The van der Waals surface area contributed by atoms with Crippen molar-refractivity contribution in [2.45, 2.75) is 32.1 Å². The summed E-state index contributed by atoms with van der Waals surface area (Å²) in [4.78, 5) is 11.2. The molecule has 0 fully saturated rings. The number of thiophene rings is 1. The highest BCUT2D eigenvalue weighted by atomic mass is 32.2. The van der Waals surface area contributed by atoms with E-state index >= 15 is 0 Å². The quantitative estimate of drug-likeness (QED) is 0.846. The van der Waals surface area contributed by atoms with Gasteiger partial charge in [0.25, 0.3) is 0 Å². The van der Waals surface area contributed by atoms with Crippen LogP contribution in [-0.2, 0) is 21.4 Å². The minimum Gasteiger partial charge on any atom is -0.478 e. The number of carboxylic acid groups (broad SMARTS) is 1. The Labute approximate surface area is 123 Å². The molecule has 7 heteroatoms. The minimum absolute atomic E-state index is 0.275. The molecule has 0 saturated heterocycles. The first-order valence-corrected chi connectivity index (χ1v) is 8.30. The average molecular weight is 317 g/mol. The second-order valence-electron chi connectivity index (χ2n) is 5.40. The van der Waals surface area contributed by atoms with E-state index in [1.807, 2.05) is 5.38 Å². The van der Waals surface area contributed by atoms with E-state index in [1.54, 1.807) is 33.9 Å². The van der Waals surface area contributed by atoms with Gasteiger partial charge in [0.15, 0.2) is 0 Å². The SMILES string of the molecule is CN(Cc1csc(C=CC(=O)O)c1)S(=O)(=O)C(C)(C)C. The molecule has 1 aromatic heterocycles. The van der Waals surface area contributed by atoms with Crippen LogP contribution in [0.1, 0.15) is 31.2 Å². The lowest BCUT2D eigenvalue weighted by atomic mass is 10.3. The van der Waals surface area contributed by atoms with E-state index in [1.165, 1.54) is 21.7 Å². The lowest BCUT2D eigenvalue weighted by Crippen LogP contribution is -2.40. The van der Waals surface area contributed by atoms with Gasteiger partial charge in [0.1, 0.15) is 0 Å². The maximum Gasteiger partial charge on any atom is 0.328 e. The molecule has 0 aliphatic heterocycles. The number of carbonyl (C=O) groups is 1. The molecule has 1 heterocycles. The van der Waals surface area contributed by atoms with Crippen LogP contribution in [0.25, 0.3) is 6.08 Å². The van der Waals surface area contributed by atoms with Crippen molar-refractivity contribution in [2.75, 3.05) is 7.05 Å². The standard InChI is InChI=1S/C13H19NO4S2/c1-13(2,3)20(17,18)14(4)8-10-7-11(19-9-10)5-6-12(15)16/h5-7,9H,8H2,1-4H3,(H,15,16). The normalized spacial score (nSPS) is 13.2. The number of hydrogen-bond acceptors (Lipinski definition) is 4. The molecule has 5 nitrogen and oxygen atoms in total. The van der Waals surface area contributed by atoms with Gasteiger partial charge >= 0.3 is 5.97 Å². The largest absolute Gasteiger partial charge is 0.478 e. The van der Waals surface area contributed by atoms with Crippen molar-refractivity contribution in [3.8, 4) is 0 Å². The number of aliphatic carboxylic acids is 1. The van der Waals surface area contributed by atoms with Crippen LogP contribution >= 0.6 is 11.3 Å². The zero-order valence-corrected chi connectivity index (χ0v) is 13.6. The Kier molecular flexibility index (Phi) is 5.12. The second-order valence-corrected chi connectivity index (χ2v) is 9.14. The summed E-state index contributed by atoms with van der Waals surface area (Å²) in [5.41, 5.74) is 0.843. The third kappa shape index (κ3) is 4.16. The van der Waals surface area contributed by atoms with Crippen LogP contribution in [0.15, 0.2) is 17.5 Å². The average Bonchev–Trinajstić information content (AvgIpc) is 2.72. The van der Waals surface area contributed by atoms with Crippen LogP contribution in [0.2, 0.25) is 0 Å². The van der Waals surface area contributed by atoms with Crippen LogP contribution in [-0.4, -0.2) is 35.6 Å². The van der Waals surface area contributed by atoms with Crippen LogP contribution in [0, 0.1) is 0 Å². The predicted molar refractivity (Wildman–Crippen MR) is 81.1 cm³/mol. The molecule has 0 amide bonds. The molecule has 1 rings (SSSR count). The van der Waals surface area contributed by atoms with Crippen molar-refractivity contribution in [3.63, 3.8) is 0 Å². The maximum atomic E-state index is 12.2. The van der Waals surface area contributed by atoms with Crippen molar-refractivity contribution in [2.24, 2.45) is 0 Å². The summed E-state index contributed by atoms with van der Waals surface area (Å²) >= 11 is 1.38. The zero-order valence-electron chi connectivity index (χ0n) is 12.0. The smallest absolute Gasteiger partial charge is 0.328 e. The molecule has 0 spiro atoms. The van der Waals surface area contributed by atoms with Gasteiger partial charge < -0.3 is 5.11 Å². The van der Waals surface area contributed by atoms with Gasteiger partial charge in [-0.2, -0.15) is 0 Å². The third-order valence-electron chi connectivity index (χ3n) is 2.65. The van der Waals surface area contributed by atoms with Crippen molar-refractivity contribution in [1.29, 1.82) is 0 Å². The van der Waals surface area contributed by atoms with Gasteiger partial charge in [-0.1, -0.05) is 0 Å². The number of rotatable bonds is 5. The van der Waals surface area contributed by atoms with Gasteiger partial charge in [0.05, 0.1) is 4.75 Å². The Balaban J connectivity index is 2.83. The van der Waals surface area contributed by atoms with E-state index in [-0.39, 0.29) is 6.54 Å². The van der Waals surface area contributed by atoms with E-state index in [9.17, 15) is 13.2 Å². The van der Waals surface area contributed by atoms with E-state index in [2.05, 4.69) is 0 Å². The lowest BCUT2D eigenvalue weighted by Gasteiger charge is -2.26. The fourth-order valence-corrected chi connectivity index (χ4v) is 3.58. The van der Waals surface area contributed by atoms with Crippen LogP contribution in [0.3, 0.4) is 0 Å². The second kappa shape index (κ2) is 6.07.